The lowest BCUT2D eigenvalue weighted by molar-refractivity contribution is 0.0649. The second kappa shape index (κ2) is 6.71. The Morgan fingerprint density at radius 1 is 1.10 bits per heavy atom. The smallest absolute Gasteiger partial charge is 0.344 e. The number of ether oxygens (including phenoxy) is 1. The van der Waals surface area contributed by atoms with Crippen molar-refractivity contribution in [2.75, 3.05) is 18.2 Å². The van der Waals surface area contributed by atoms with E-state index in [-0.39, 0.29) is 23.2 Å². The molecule has 5 rings (SSSR count). The van der Waals surface area contributed by atoms with Crippen LogP contribution in [0.2, 0.25) is 0 Å². The van der Waals surface area contributed by atoms with E-state index < -0.39 is 9.84 Å². The van der Waals surface area contributed by atoms with Gasteiger partial charge < -0.3 is 9.15 Å². The van der Waals surface area contributed by atoms with E-state index in [1.54, 1.807) is 0 Å². The molecule has 0 spiro atoms. The zero-order valence-corrected chi connectivity index (χ0v) is 16.9. The van der Waals surface area contributed by atoms with Crippen molar-refractivity contribution in [1.82, 2.24) is 4.90 Å². The number of benzene rings is 2. The molecule has 7 heteroatoms. The summed E-state index contributed by atoms with van der Waals surface area (Å²) in [5.74, 6) is 1.05. The molecule has 3 aromatic rings. The van der Waals surface area contributed by atoms with E-state index in [4.69, 9.17) is 9.15 Å². The van der Waals surface area contributed by atoms with Gasteiger partial charge in [-0.2, -0.15) is 0 Å². The Kier molecular flexibility index (Phi) is 4.26. The van der Waals surface area contributed by atoms with Gasteiger partial charge in [-0.1, -0.05) is 30.3 Å². The average molecular weight is 411 g/mol. The molecule has 0 bridgehead atoms. The van der Waals surface area contributed by atoms with Crippen LogP contribution in [-0.4, -0.2) is 37.6 Å². The van der Waals surface area contributed by atoms with Crippen molar-refractivity contribution in [2.24, 2.45) is 0 Å². The lowest BCUT2D eigenvalue weighted by Crippen LogP contribution is -2.41. The van der Waals surface area contributed by atoms with Crippen molar-refractivity contribution >= 4 is 20.8 Å². The molecule has 6 nitrogen and oxygen atoms in total. The number of nitrogens with zero attached hydrogens (tertiary/aromatic N) is 1. The van der Waals surface area contributed by atoms with Crippen LogP contribution in [0.15, 0.2) is 51.7 Å². The molecule has 0 saturated carbocycles. The highest BCUT2D eigenvalue weighted by Crippen LogP contribution is 2.36. The van der Waals surface area contributed by atoms with Gasteiger partial charge in [-0.15, -0.1) is 0 Å². The fraction of sp³-hybridized carbons (Fsp3) is 0.318. The SMILES string of the molecule is Cc1c(-c2ccccc2)c(=O)oc2c3c(ccc12)OCN([C@H]1CCS(=O)(=O)C1)C3. The van der Waals surface area contributed by atoms with E-state index in [0.29, 0.717) is 36.6 Å². The molecule has 3 heterocycles. The van der Waals surface area contributed by atoms with Gasteiger partial charge >= 0.3 is 5.63 Å². The predicted octanol–water partition coefficient (Wildman–Crippen LogP) is 3.11. The Labute approximate surface area is 168 Å². The van der Waals surface area contributed by atoms with E-state index in [9.17, 15) is 13.2 Å². The summed E-state index contributed by atoms with van der Waals surface area (Å²) in [5, 5.41) is 0.867. The van der Waals surface area contributed by atoms with Gasteiger partial charge in [0.2, 0.25) is 0 Å². The molecule has 2 aliphatic rings. The van der Waals surface area contributed by atoms with Gasteiger partial charge in [-0.25, -0.2) is 13.2 Å². The first kappa shape index (κ1) is 18.4. The molecule has 2 aliphatic heterocycles. The third kappa shape index (κ3) is 3.14. The van der Waals surface area contributed by atoms with Crippen LogP contribution in [0.4, 0.5) is 0 Å². The topological polar surface area (TPSA) is 76.8 Å². The van der Waals surface area contributed by atoms with Crippen molar-refractivity contribution in [1.29, 1.82) is 0 Å². The monoisotopic (exact) mass is 411 g/mol. The Hall–Kier alpha value is -2.64. The number of sulfone groups is 1. The van der Waals surface area contributed by atoms with Gasteiger partial charge in [0.05, 0.1) is 22.6 Å². The van der Waals surface area contributed by atoms with Crippen LogP contribution in [0, 0.1) is 6.92 Å². The fourth-order valence-corrected chi connectivity index (χ4v) is 6.14. The minimum Gasteiger partial charge on any atom is -0.478 e. The molecule has 1 fully saturated rings. The third-order valence-corrected chi connectivity index (χ3v) is 7.68. The molecule has 29 heavy (non-hydrogen) atoms. The Morgan fingerprint density at radius 2 is 1.90 bits per heavy atom. The van der Waals surface area contributed by atoms with E-state index in [1.807, 2.05) is 54.3 Å². The van der Waals surface area contributed by atoms with Crippen LogP contribution < -0.4 is 10.4 Å². The van der Waals surface area contributed by atoms with Crippen LogP contribution >= 0.6 is 0 Å². The Morgan fingerprint density at radius 3 is 2.62 bits per heavy atom. The number of aryl methyl sites for hydroxylation is 1. The highest BCUT2D eigenvalue weighted by Gasteiger charge is 2.35. The van der Waals surface area contributed by atoms with E-state index in [2.05, 4.69) is 0 Å². The van der Waals surface area contributed by atoms with Crippen LogP contribution in [0.3, 0.4) is 0 Å². The summed E-state index contributed by atoms with van der Waals surface area (Å²) >= 11 is 0. The first-order chi connectivity index (χ1) is 13.9. The van der Waals surface area contributed by atoms with Gasteiger partial charge in [0.25, 0.3) is 0 Å². The molecular weight excluding hydrogens is 390 g/mol. The summed E-state index contributed by atoms with van der Waals surface area (Å²) in [4.78, 5) is 14.9. The van der Waals surface area contributed by atoms with Crippen LogP contribution in [0.25, 0.3) is 22.1 Å². The van der Waals surface area contributed by atoms with Gasteiger partial charge in [0.15, 0.2) is 9.84 Å². The maximum atomic E-state index is 12.9. The Balaban J connectivity index is 1.61. The number of hydrogen-bond donors (Lipinski definition) is 0. The maximum absolute atomic E-state index is 12.9. The number of hydrogen-bond acceptors (Lipinski definition) is 6. The summed E-state index contributed by atoms with van der Waals surface area (Å²) in [6.07, 6.45) is 0.604. The largest absolute Gasteiger partial charge is 0.478 e. The molecule has 1 saturated heterocycles. The summed E-state index contributed by atoms with van der Waals surface area (Å²) in [7, 11) is -2.99. The molecular formula is C22H21NO5S. The van der Waals surface area contributed by atoms with E-state index in [0.717, 1.165) is 22.1 Å². The quantitative estimate of drug-likeness (QED) is 0.603. The lowest BCUT2D eigenvalue weighted by atomic mass is 9.97. The minimum atomic E-state index is -2.99. The number of rotatable bonds is 2. The first-order valence-electron chi connectivity index (χ1n) is 9.65. The Bertz CT molecular complexity index is 1260. The van der Waals surface area contributed by atoms with Crippen molar-refractivity contribution < 1.29 is 17.6 Å². The zero-order valence-electron chi connectivity index (χ0n) is 16.1. The maximum Gasteiger partial charge on any atom is 0.344 e. The first-order valence-corrected chi connectivity index (χ1v) is 11.5. The summed E-state index contributed by atoms with van der Waals surface area (Å²) in [6.45, 7) is 2.77. The number of fused-ring (bicyclic) bond motifs is 3. The van der Waals surface area contributed by atoms with Gasteiger partial charge in [-0.3, -0.25) is 4.90 Å². The van der Waals surface area contributed by atoms with Gasteiger partial charge in [0.1, 0.15) is 18.1 Å². The van der Waals surface area contributed by atoms with Crippen LogP contribution in [-0.2, 0) is 16.4 Å². The van der Waals surface area contributed by atoms with Crippen molar-refractivity contribution in [3.8, 4) is 16.9 Å². The predicted molar refractivity (Wildman–Crippen MR) is 111 cm³/mol. The third-order valence-electron chi connectivity index (χ3n) is 5.93. The molecule has 2 aromatic carbocycles. The molecule has 0 aliphatic carbocycles. The summed E-state index contributed by atoms with van der Waals surface area (Å²) in [5.41, 5.74) is 3.20. The normalized spacial score (nSPS) is 21.1. The van der Waals surface area contributed by atoms with E-state index in [1.165, 1.54) is 0 Å². The molecule has 0 unspecified atom stereocenters. The van der Waals surface area contributed by atoms with Crippen molar-refractivity contribution in [3.63, 3.8) is 0 Å². The van der Waals surface area contributed by atoms with Crippen LogP contribution in [0.1, 0.15) is 17.5 Å². The average Bonchev–Trinajstić information content (AvgIpc) is 3.08. The molecule has 1 atom stereocenters. The fourth-order valence-electron chi connectivity index (χ4n) is 4.38. The molecule has 150 valence electrons. The van der Waals surface area contributed by atoms with Crippen molar-refractivity contribution in [2.45, 2.75) is 25.9 Å². The highest BCUT2D eigenvalue weighted by molar-refractivity contribution is 7.91. The van der Waals surface area contributed by atoms with Gasteiger partial charge in [-0.05, 0) is 36.6 Å². The summed E-state index contributed by atoms with van der Waals surface area (Å²) < 4.78 is 35.4. The lowest BCUT2D eigenvalue weighted by Gasteiger charge is -2.33. The molecule has 0 N–H and O–H groups in total. The van der Waals surface area contributed by atoms with Gasteiger partial charge in [0, 0.05) is 18.0 Å². The standard InChI is InChI=1S/C22H21NO5S/c1-14-17-7-8-19-18(11-23(13-27-19)16-9-10-29(25,26)12-16)21(17)28-22(24)20(14)15-5-3-2-4-6-15/h2-8,16H,9-13H2,1H3/t16-/m0/s1. The molecule has 0 amide bonds. The zero-order chi connectivity index (χ0) is 20.2. The van der Waals surface area contributed by atoms with Crippen LogP contribution in [0.5, 0.6) is 5.75 Å². The second-order valence-electron chi connectivity index (χ2n) is 7.75. The summed E-state index contributed by atoms with van der Waals surface area (Å²) in [6, 6.07) is 13.3. The van der Waals surface area contributed by atoms with E-state index >= 15 is 0 Å². The second-order valence-corrected chi connectivity index (χ2v) is 9.98. The molecule has 1 aromatic heterocycles. The van der Waals surface area contributed by atoms with Crippen molar-refractivity contribution in [3.05, 3.63) is 64.0 Å². The minimum absolute atomic E-state index is 0.0696. The highest BCUT2D eigenvalue weighted by atomic mass is 32.2. The molecule has 0 radical (unpaired) electrons.